The highest BCUT2D eigenvalue weighted by molar-refractivity contribution is 9.10. The third-order valence-corrected chi connectivity index (χ3v) is 2.30. The normalized spacial score (nSPS) is 9.77. The Bertz CT molecular complexity index is 325. The van der Waals surface area contributed by atoms with E-state index in [0.717, 1.165) is 4.47 Å². The number of carbonyl (C=O) groups excluding carboxylic acids is 1. The second-order valence-electron chi connectivity index (χ2n) is 2.32. The van der Waals surface area contributed by atoms with Crippen LogP contribution in [0.1, 0.15) is 17.3 Å². The Morgan fingerprint density at radius 2 is 2.31 bits per heavy atom. The van der Waals surface area contributed by atoms with Crippen molar-refractivity contribution in [3.05, 3.63) is 28.2 Å². The first kappa shape index (κ1) is 10.5. The van der Waals surface area contributed by atoms with E-state index in [-0.39, 0.29) is 0 Å². The van der Waals surface area contributed by atoms with Crippen LogP contribution in [0.3, 0.4) is 0 Å². The van der Waals surface area contributed by atoms with E-state index in [1.54, 1.807) is 18.2 Å². The van der Waals surface area contributed by atoms with E-state index < -0.39 is 5.24 Å². The molecule has 1 aromatic rings. The maximum atomic E-state index is 11.0. The fourth-order valence-electron chi connectivity index (χ4n) is 0.955. The second-order valence-corrected chi connectivity index (χ2v) is 3.52. The smallest absolute Gasteiger partial charge is 0.256 e. The van der Waals surface area contributed by atoms with Gasteiger partial charge in [0.25, 0.3) is 5.24 Å². The second kappa shape index (κ2) is 4.63. The molecule has 0 fully saturated rings. The molecule has 2 nitrogen and oxygen atoms in total. The molecule has 0 bridgehead atoms. The molecule has 0 saturated heterocycles. The van der Waals surface area contributed by atoms with Crippen LogP contribution in [0.5, 0.6) is 5.75 Å². The summed E-state index contributed by atoms with van der Waals surface area (Å²) in [6.45, 7) is 2.35. The van der Waals surface area contributed by atoms with Gasteiger partial charge >= 0.3 is 0 Å². The Morgan fingerprint density at radius 1 is 1.62 bits per heavy atom. The number of carbonyl (C=O) groups is 1. The fraction of sp³-hybridized carbons (Fsp3) is 0.222. The summed E-state index contributed by atoms with van der Waals surface area (Å²) in [6.07, 6.45) is 0. The zero-order chi connectivity index (χ0) is 9.84. The molecule has 13 heavy (non-hydrogen) atoms. The number of halogens is 2. The Balaban J connectivity index is 3.17. The molecule has 70 valence electrons. The lowest BCUT2D eigenvalue weighted by Gasteiger charge is -2.08. The van der Waals surface area contributed by atoms with Crippen molar-refractivity contribution >= 4 is 32.8 Å². The van der Waals surface area contributed by atoms with Gasteiger partial charge in [0.05, 0.1) is 16.6 Å². The Labute approximate surface area is 90.0 Å². The summed E-state index contributed by atoms with van der Waals surface area (Å²) >= 11 is 8.66. The van der Waals surface area contributed by atoms with Crippen LogP contribution < -0.4 is 4.74 Å². The third kappa shape index (κ3) is 2.45. The molecule has 1 rings (SSSR count). The van der Waals surface area contributed by atoms with Gasteiger partial charge < -0.3 is 4.74 Å². The standard InChI is InChI=1S/C9H8BrClO2/c1-2-13-8-6(9(11)12)4-3-5-7(8)10/h3-5H,2H2,1H3. The van der Waals surface area contributed by atoms with E-state index in [4.69, 9.17) is 16.3 Å². The van der Waals surface area contributed by atoms with Gasteiger partial charge in [0.15, 0.2) is 0 Å². The van der Waals surface area contributed by atoms with Gasteiger partial charge in [0, 0.05) is 0 Å². The van der Waals surface area contributed by atoms with Gasteiger partial charge in [-0.05, 0) is 46.6 Å². The van der Waals surface area contributed by atoms with E-state index in [2.05, 4.69) is 15.9 Å². The van der Waals surface area contributed by atoms with Crippen LogP contribution in [0, 0.1) is 0 Å². The summed E-state index contributed by atoms with van der Waals surface area (Å²) in [4.78, 5) is 11.0. The number of ether oxygens (including phenoxy) is 1. The highest BCUT2D eigenvalue weighted by Gasteiger charge is 2.12. The molecule has 0 atom stereocenters. The van der Waals surface area contributed by atoms with Crippen molar-refractivity contribution in [2.45, 2.75) is 6.92 Å². The molecular formula is C9H8BrClO2. The lowest BCUT2D eigenvalue weighted by Crippen LogP contribution is -1.99. The number of rotatable bonds is 3. The monoisotopic (exact) mass is 262 g/mol. The highest BCUT2D eigenvalue weighted by atomic mass is 79.9. The number of hydrogen-bond acceptors (Lipinski definition) is 2. The van der Waals surface area contributed by atoms with Crippen molar-refractivity contribution in [2.24, 2.45) is 0 Å². The van der Waals surface area contributed by atoms with Gasteiger partial charge in [-0.1, -0.05) is 6.07 Å². The van der Waals surface area contributed by atoms with E-state index in [9.17, 15) is 4.79 Å². The summed E-state index contributed by atoms with van der Waals surface area (Å²) in [7, 11) is 0. The van der Waals surface area contributed by atoms with E-state index in [0.29, 0.717) is 17.9 Å². The molecule has 0 aliphatic heterocycles. The van der Waals surface area contributed by atoms with Gasteiger partial charge in [-0.2, -0.15) is 0 Å². The Kier molecular flexibility index (Phi) is 3.75. The van der Waals surface area contributed by atoms with Crippen molar-refractivity contribution in [2.75, 3.05) is 6.61 Å². The minimum absolute atomic E-state index is 0.387. The van der Waals surface area contributed by atoms with Crippen molar-refractivity contribution in [1.29, 1.82) is 0 Å². The molecule has 0 amide bonds. The van der Waals surface area contributed by atoms with Crippen molar-refractivity contribution in [1.82, 2.24) is 0 Å². The molecule has 0 N–H and O–H groups in total. The molecule has 0 saturated carbocycles. The quantitative estimate of drug-likeness (QED) is 0.783. The molecule has 0 aromatic heterocycles. The predicted molar refractivity (Wildman–Crippen MR) is 55.5 cm³/mol. The largest absolute Gasteiger partial charge is 0.492 e. The SMILES string of the molecule is CCOc1c(Br)cccc1C(=O)Cl. The summed E-state index contributed by atoms with van der Waals surface area (Å²) < 4.78 is 6.01. The first-order valence-electron chi connectivity index (χ1n) is 3.78. The van der Waals surface area contributed by atoms with Gasteiger partial charge in [-0.3, -0.25) is 4.79 Å². The molecule has 0 aliphatic carbocycles. The molecular weight excluding hydrogens is 255 g/mol. The maximum absolute atomic E-state index is 11.0. The van der Waals surface area contributed by atoms with Crippen LogP contribution in [0.25, 0.3) is 0 Å². The Hall–Kier alpha value is -0.540. The minimum atomic E-state index is -0.509. The van der Waals surface area contributed by atoms with Crippen LogP contribution >= 0.6 is 27.5 Å². The summed E-state index contributed by atoms with van der Waals surface area (Å²) in [5.74, 6) is 0.505. The van der Waals surface area contributed by atoms with Crippen LogP contribution in [-0.2, 0) is 0 Å². The van der Waals surface area contributed by atoms with E-state index in [1.165, 1.54) is 0 Å². The predicted octanol–water partition coefficient (Wildman–Crippen LogP) is 3.23. The van der Waals surface area contributed by atoms with E-state index >= 15 is 0 Å². The van der Waals surface area contributed by atoms with Crippen LogP contribution in [-0.4, -0.2) is 11.8 Å². The molecule has 0 unspecified atom stereocenters. The average Bonchev–Trinajstić information content (AvgIpc) is 2.08. The maximum Gasteiger partial charge on any atom is 0.256 e. The minimum Gasteiger partial charge on any atom is -0.492 e. The topological polar surface area (TPSA) is 26.3 Å². The zero-order valence-electron chi connectivity index (χ0n) is 7.01. The van der Waals surface area contributed by atoms with Crippen molar-refractivity contribution < 1.29 is 9.53 Å². The first-order chi connectivity index (χ1) is 6.16. The van der Waals surface area contributed by atoms with Crippen LogP contribution in [0.4, 0.5) is 0 Å². The lowest BCUT2D eigenvalue weighted by atomic mass is 10.2. The molecule has 0 radical (unpaired) electrons. The van der Waals surface area contributed by atoms with Crippen LogP contribution in [0.15, 0.2) is 22.7 Å². The lowest BCUT2D eigenvalue weighted by molar-refractivity contribution is 0.107. The summed E-state index contributed by atoms with van der Waals surface area (Å²) in [5.41, 5.74) is 0.387. The van der Waals surface area contributed by atoms with Gasteiger partial charge in [-0.25, -0.2) is 0 Å². The molecule has 1 aromatic carbocycles. The van der Waals surface area contributed by atoms with Crippen molar-refractivity contribution in [3.63, 3.8) is 0 Å². The molecule has 0 spiro atoms. The van der Waals surface area contributed by atoms with Crippen molar-refractivity contribution in [3.8, 4) is 5.75 Å². The fourth-order valence-corrected chi connectivity index (χ4v) is 1.58. The average molecular weight is 264 g/mol. The third-order valence-electron chi connectivity index (χ3n) is 1.47. The number of hydrogen-bond donors (Lipinski definition) is 0. The Morgan fingerprint density at radius 3 is 2.85 bits per heavy atom. The molecule has 0 aliphatic rings. The number of benzene rings is 1. The van der Waals surface area contributed by atoms with Gasteiger partial charge in [0.1, 0.15) is 5.75 Å². The van der Waals surface area contributed by atoms with Gasteiger partial charge in [0.2, 0.25) is 0 Å². The highest BCUT2D eigenvalue weighted by Crippen LogP contribution is 2.29. The summed E-state index contributed by atoms with van der Waals surface area (Å²) in [6, 6.07) is 5.17. The summed E-state index contributed by atoms with van der Waals surface area (Å²) in [5, 5.41) is -0.509. The zero-order valence-corrected chi connectivity index (χ0v) is 9.35. The molecule has 0 heterocycles. The van der Waals surface area contributed by atoms with Gasteiger partial charge in [-0.15, -0.1) is 0 Å². The number of para-hydroxylation sites is 1. The van der Waals surface area contributed by atoms with E-state index in [1.807, 2.05) is 6.92 Å². The first-order valence-corrected chi connectivity index (χ1v) is 4.95. The molecule has 4 heteroatoms. The van der Waals surface area contributed by atoms with Crippen LogP contribution in [0.2, 0.25) is 0 Å².